The molecule has 0 spiro atoms. The number of hydrogen-bond donors (Lipinski definition) is 0. The minimum atomic E-state index is 0.224. The van der Waals surface area contributed by atoms with Gasteiger partial charge in [-0.25, -0.2) is 0 Å². The Morgan fingerprint density at radius 3 is 1.89 bits per heavy atom. The maximum Gasteiger partial charge on any atom is 0.0615 e. The van der Waals surface area contributed by atoms with Crippen LogP contribution >= 0.6 is 15.9 Å². The number of alkyl halides is 1. The van der Waals surface area contributed by atoms with E-state index in [0.29, 0.717) is 0 Å². The lowest BCUT2D eigenvalue weighted by molar-refractivity contribution is 0.166. The zero-order chi connectivity index (χ0) is 7.33. The minimum Gasteiger partial charge on any atom is -0.383 e. The molecule has 0 fully saturated rings. The maximum absolute atomic E-state index is 5.04. The van der Waals surface area contributed by atoms with E-state index in [9.17, 15) is 0 Å². The predicted octanol–water partition coefficient (Wildman–Crippen LogP) is 2.59. The number of rotatable bonds is 4. The largest absolute Gasteiger partial charge is 0.383 e. The molecule has 0 atom stereocenters. The highest BCUT2D eigenvalue weighted by Crippen LogP contribution is 2.25. The smallest absolute Gasteiger partial charge is 0.0615 e. The Kier molecular flexibility index (Phi) is 4.50. The van der Waals surface area contributed by atoms with Crippen LogP contribution in [0.1, 0.15) is 26.7 Å². The van der Waals surface area contributed by atoms with E-state index < -0.39 is 0 Å². The quantitative estimate of drug-likeness (QED) is 0.626. The Morgan fingerprint density at radius 1 is 1.33 bits per heavy atom. The van der Waals surface area contributed by atoms with E-state index in [0.717, 1.165) is 19.4 Å². The Morgan fingerprint density at radius 2 is 1.78 bits per heavy atom. The Balaban J connectivity index is 3.62. The maximum atomic E-state index is 5.04. The van der Waals surface area contributed by atoms with Crippen LogP contribution in [0.2, 0.25) is 0 Å². The molecule has 1 nitrogen and oxygen atoms in total. The Bertz CT molecular complexity index is 69.3. The summed E-state index contributed by atoms with van der Waals surface area (Å²) in [7, 11) is 1.74. The van der Waals surface area contributed by atoms with Crippen molar-refractivity contribution in [1.82, 2.24) is 0 Å². The third-order valence-corrected chi connectivity index (χ3v) is 3.02. The molecule has 56 valence electrons. The second kappa shape index (κ2) is 4.29. The van der Waals surface area contributed by atoms with Gasteiger partial charge < -0.3 is 4.74 Å². The molecule has 2 heteroatoms. The molecular formula is C7H15BrO. The molecule has 0 aliphatic heterocycles. The molecule has 0 unspecified atom stereocenters. The fraction of sp³-hybridized carbons (Fsp3) is 1.00. The summed E-state index contributed by atoms with van der Waals surface area (Å²) < 4.78 is 5.27. The van der Waals surface area contributed by atoms with E-state index >= 15 is 0 Å². The van der Waals surface area contributed by atoms with Crippen molar-refractivity contribution in [3.8, 4) is 0 Å². The molecule has 0 saturated carbocycles. The number of halogens is 1. The lowest BCUT2D eigenvalue weighted by atomic mass is 10.1. The molecule has 0 aromatic heterocycles. The highest BCUT2D eigenvalue weighted by molar-refractivity contribution is 9.10. The van der Waals surface area contributed by atoms with Gasteiger partial charge in [0.15, 0.2) is 0 Å². The van der Waals surface area contributed by atoms with Crippen LogP contribution < -0.4 is 0 Å². The topological polar surface area (TPSA) is 9.23 Å². The Labute approximate surface area is 65.9 Å². The summed E-state index contributed by atoms with van der Waals surface area (Å²) >= 11 is 3.62. The normalized spacial score (nSPS) is 12.0. The lowest BCUT2D eigenvalue weighted by Gasteiger charge is -2.22. The molecule has 0 heterocycles. The molecule has 9 heavy (non-hydrogen) atoms. The van der Waals surface area contributed by atoms with Crippen molar-refractivity contribution in [2.24, 2.45) is 0 Å². The van der Waals surface area contributed by atoms with Crippen molar-refractivity contribution in [2.75, 3.05) is 13.7 Å². The highest BCUT2D eigenvalue weighted by atomic mass is 79.9. The summed E-state index contributed by atoms with van der Waals surface area (Å²) in [6, 6.07) is 0. The van der Waals surface area contributed by atoms with E-state index in [1.54, 1.807) is 7.11 Å². The molecule has 0 saturated heterocycles. The number of ether oxygens (including phenoxy) is 1. The van der Waals surface area contributed by atoms with E-state index in [1.165, 1.54) is 0 Å². The predicted molar refractivity (Wildman–Crippen MR) is 44.1 cm³/mol. The van der Waals surface area contributed by atoms with Gasteiger partial charge in [-0.15, -0.1) is 0 Å². The summed E-state index contributed by atoms with van der Waals surface area (Å²) in [5.41, 5.74) is 0. The molecule has 0 aliphatic rings. The number of methoxy groups -OCH3 is 1. The molecule has 0 bridgehead atoms. The van der Waals surface area contributed by atoms with Gasteiger partial charge in [0.1, 0.15) is 0 Å². The van der Waals surface area contributed by atoms with Crippen molar-refractivity contribution in [1.29, 1.82) is 0 Å². The first kappa shape index (κ1) is 9.44. The van der Waals surface area contributed by atoms with E-state index in [-0.39, 0.29) is 4.32 Å². The summed E-state index contributed by atoms with van der Waals surface area (Å²) in [5, 5.41) is 0. The standard InChI is InChI=1S/C7H15BrO/c1-4-7(8,5-2)6-9-3/h4-6H2,1-3H3. The van der Waals surface area contributed by atoms with Gasteiger partial charge in [-0.05, 0) is 12.8 Å². The zero-order valence-electron chi connectivity index (χ0n) is 6.41. The molecule has 0 aliphatic carbocycles. The van der Waals surface area contributed by atoms with Gasteiger partial charge in [0.25, 0.3) is 0 Å². The third-order valence-electron chi connectivity index (χ3n) is 1.67. The van der Waals surface area contributed by atoms with Crippen molar-refractivity contribution < 1.29 is 4.74 Å². The van der Waals surface area contributed by atoms with Gasteiger partial charge in [0, 0.05) is 11.4 Å². The molecular weight excluding hydrogens is 180 g/mol. The highest BCUT2D eigenvalue weighted by Gasteiger charge is 2.20. The molecule has 0 aromatic carbocycles. The Hall–Kier alpha value is 0.440. The van der Waals surface area contributed by atoms with Crippen LogP contribution in [0.4, 0.5) is 0 Å². The first-order chi connectivity index (χ1) is 4.18. The first-order valence-corrected chi connectivity index (χ1v) is 4.15. The van der Waals surface area contributed by atoms with Crippen LogP contribution in [0.25, 0.3) is 0 Å². The molecule has 0 radical (unpaired) electrons. The number of hydrogen-bond acceptors (Lipinski definition) is 1. The van der Waals surface area contributed by atoms with Crippen molar-refractivity contribution in [2.45, 2.75) is 31.0 Å². The fourth-order valence-corrected chi connectivity index (χ4v) is 0.942. The van der Waals surface area contributed by atoms with E-state index in [4.69, 9.17) is 4.74 Å². The molecule has 0 rings (SSSR count). The molecule has 0 aromatic rings. The van der Waals surface area contributed by atoms with Crippen molar-refractivity contribution in [3.63, 3.8) is 0 Å². The van der Waals surface area contributed by atoms with E-state index in [2.05, 4.69) is 29.8 Å². The average molecular weight is 195 g/mol. The third kappa shape index (κ3) is 3.21. The summed E-state index contributed by atoms with van der Waals surface area (Å²) in [5.74, 6) is 0. The van der Waals surface area contributed by atoms with Gasteiger partial charge in [-0.2, -0.15) is 0 Å². The second-order valence-corrected chi connectivity index (χ2v) is 3.97. The molecule has 0 amide bonds. The molecule has 0 N–H and O–H groups in total. The monoisotopic (exact) mass is 194 g/mol. The van der Waals surface area contributed by atoms with Crippen molar-refractivity contribution in [3.05, 3.63) is 0 Å². The summed E-state index contributed by atoms with van der Waals surface area (Å²) in [6.07, 6.45) is 2.24. The fourth-order valence-electron chi connectivity index (χ4n) is 0.713. The average Bonchev–Trinajstić information content (AvgIpc) is 1.89. The van der Waals surface area contributed by atoms with Gasteiger partial charge >= 0.3 is 0 Å². The van der Waals surface area contributed by atoms with Gasteiger partial charge in [0.05, 0.1) is 6.61 Å². The van der Waals surface area contributed by atoms with Crippen LogP contribution in [0.5, 0.6) is 0 Å². The second-order valence-electron chi connectivity index (χ2n) is 2.29. The van der Waals surface area contributed by atoms with Crippen molar-refractivity contribution >= 4 is 15.9 Å². The van der Waals surface area contributed by atoms with Crippen LogP contribution in [0, 0.1) is 0 Å². The minimum absolute atomic E-state index is 0.224. The van der Waals surface area contributed by atoms with Gasteiger partial charge in [-0.1, -0.05) is 29.8 Å². The SMILES string of the molecule is CCC(Br)(CC)COC. The first-order valence-electron chi connectivity index (χ1n) is 3.36. The van der Waals surface area contributed by atoms with Gasteiger partial charge in [-0.3, -0.25) is 0 Å². The summed E-state index contributed by atoms with van der Waals surface area (Å²) in [4.78, 5) is 0. The van der Waals surface area contributed by atoms with Gasteiger partial charge in [0.2, 0.25) is 0 Å². The lowest BCUT2D eigenvalue weighted by Crippen LogP contribution is -2.24. The summed E-state index contributed by atoms with van der Waals surface area (Å²) in [6.45, 7) is 5.13. The van der Waals surface area contributed by atoms with E-state index in [1.807, 2.05) is 0 Å². The van der Waals surface area contributed by atoms with Crippen LogP contribution in [0.15, 0.2) is 0 Å². The zero-order valence-corrected chi connectivity index (χ0v) is 7.99. The van der Waals surface area contributed by atoms with Crippen LogP contribution in [-0.2, 0) is 4.74 Å². The van der Waals surface area contributed by atoms with Crippen LogP contribution in [0.3, 0.4) is 0 Å². The van der Waals surface area contributed by atoms with Crippen LogP contribution in [-0.4, -0.2) is 18.0 Å².